The normalized spacial score (nSPS) is 20.7. The fraction of sp³-hybridized carbons (Fsp3) is 0.333. The third-order valence-electron chi connectivity index (χ3n) is 7.30. The molecule has 31 heavy (non-hydrogen) atoms. The van der Waals surface area contributed by atoms with Crippen LogP contribution in [-0.2, 0) is 20.4 Å². The van der Waals surface area contributed by atoms with Crippen LogP contribution >= 0.6 is 0 Å². The molecule has 2 unspecified atom stereocenters. The molecule has 0 fully saturated rings. The van der Waals surface area contributed by atoms with E-state index < -0.39 is 31.6 Å². The van der Waals surface area contributed by atoms with Crippen molar-refractivity contribution in [3.63, 3.8) is 0 Å². The molecule has 0 saturated heterocycles. The average Bonchev–Trinajstić information content (AvgIpc) is 3.10. The topological polar surface area (TPSA) is 0 Å². The van der Waals surface area contributed by atoms with Gasteiger partial charge in [0, 0.05) is 0 Å². The maximum absolute atomic E-state index is 15.5. The molecule has 0 spiro atoms. The number of fused-ring (bicyclic) bond motifs is 1. The second-order valence-electron chi connectivity index (χ2n) is 9.19. The van der Waals surface area contributed by atoms with Gasteiger partial charge in [-0.1, -0.05) is 0 Å². The van der Waals surface area contributed by atoms with Crippen LogP contribution in [0, 0.1) is 17.6 Å². The van der Waals surface area contributed by atoms with Crippen molar-refractivity contribution in [1.29, 1.82) is 0 Å². The standard InChI is InChI=1S/C16H11F2.C9H13.C2H6Si.Zr/c1-10-7-13-14(8-12(17)9-15(13)18)16(10)11-5-3-2-4-6-11;1-6-5-7(2)9(4)8(6)3;1-3-2;/h2-9H,1H3;6H,1-4H3;1-2H3;. The van der Waals surface area contributed by atoms with Crippen molar-refractivity contribution in [3.05, 3.63) is 96.4 Å². The molecule has 4 rings (SSSR count). The van der Waals surface area contributed by atoms with Gasteiger partial charge in [-0.15, -0.1) is 0 Å². The third-order valence-corrected chi connectivity index (χ3v) is 26.2. The quantitative estimate of drug-likeness (QED) is 0.367. The van der Waals surface area contributed by atoms with E-state index in [1.54, 1.807) is 9.35 Å². The molecule has 0 nitrogen and oxygen atoms in total. The van der Waals surface area contributed by atoms with Crippen LogP contribution in [0.1, 0.15) is 54.9 Å². The van der Waals surface area contributed by atoms with Crippen LogP contribution in [0.4, 0.5) is 8.78 Å². The first-order valence-corrected chi connectivity index (χ1v) is 19.8. The average molecular weight is 512 g/mol. The van der Waals surface area contributed by atoms with Crippen LogP contribution in [-0.4, -0.2) is 5.43 Å². The summed E-state index contributed by atoms with van der Waals surface area (Å²) >= 11 is -2.35. The SMILES string of the molecule is CC1=C(C)C(C)[C]([Zr]([CH]2C(C)=C(c3ccccc3)c3cc(F)cc(F)c32)=[Si](C)C)=C1C. The fourth-order valence-electron chi connectivity index (χ4n) is 5.52. The molecule has 2 aromatic carbocycles. The molecule has 2 aliphatic carbocycles. The summed E-state index contributed by atoms with van der Waals surface area (Å²) in [5.74, 6) is -0.397. The molecule has 0 aliphatic heterocycles. The van der Waals surface area contributed by atoms with Crippen LogP contribution in [0.5, 0.6) is 0 Å². The van der Waals surface area contributed by atoms with Crippen molar-refractivity contribution in [2.24, 2.45) is 5.92 Å². The Balaban J connectivity index is 2.03. The van der Waals surface area contributed by atoms with E-state index in [2.05, 4.69) is 59.8 Å². The van der Waals surface area contributed by atoms with Crippen molar-refractivity contribution in [3.8, 4) is 0 Å². The van der Waals surface area contributed by atoms with E-state index in [1.165, 1.54) is 22.3 Å². The predicted octanol–water partition coefficient (Wildman–Crippen LogP) is 7.97. The third kappa shape index (κ3) is 3.64. The summed E-state index contributed by atoms with van der Waals surface area (Å²) in [5, 5.41) is 0. The number of rotatable bonds is 3. The van der Waals surface area contributed by atoms with Gasteiger partial charge in [0.1, 0.15) is 0 Å². The van der Waals surface area contributed by atoms with Crippen molar-refractivity contribution in [1.82, 2.24) is 0 Å². The number of halogens is 2. The van der Waals surface area contributed by atoms with Gasteiger partial charge in [-0.2, -0.15) is 0 Å². The molecular formula is C27H30F2SiZr. The molecule has 2 aromatic rings. The van der Waals surface area contributed by atoms with Crippen molar-refractivity contribution in [2.45, 2.75) is 51.3 Å². The van der Waals surface area contributed by atoms with Crippen molar-refractivity contribution < 1.29 is 29.1 Å². The van der Waals surface area contributed by atoms with Gasteiger partial charge < -0.3 is 0 Å². The Morgan fingerprint density at radius 1 is 0.871 bits per heavy atom. The van der Waals surface area contributed by atoms with Gasteiger partial charge in [-0.05, 0) is 0 Å². The molecule has 0 saturated carbocycles. The maximum atomic E-state index is 15.5. The first-order chi connectivity index (χ1) is 14.6. The van der Waals surface area contributed by atoms with Crippen molar-refractivity contribution >= 4 is 11.0 Å². The number of allylic oxidation sites excluding steroid dienone is 5. The van der Waals surface area contributed by atoms with Gasteiger partial charge in [0.25, 0.3) is 0 Å². The molecule has 0 amide bonds. The van der Waals surface area contributed by atoms with E-state index >= 15 is 4.39 Å². The molecule has 0 heterocycles. The molecule has 0 bridgehead atoms. The summed E-state index contributed by atoms with van der Waals surface area (Å²) in [4.78, 5) is 0. The van der Waals surface area contributed by atoms with E-state index in [0.29, 0.717) is 5.92 Å². The summed E-state index contributed by atoms with van der Waals surface area (Å²) in [7, 11) is 0. The molecule has 2 atom stereocenters. The van der Waals surface area contributed by atoms with E-state index in [1.807, 2.05) is 18.2 Å². The first-order valence-electron chi connectivity index (χ1n) is 11.0. The second-order valence-corrected chi connectivity index (χ2v) is 26.5. The van der Waals surface area contributed by atoms with E-state index in [4.69, 9.17) is 0 Å². The van der Waals surface area contributed by atoms with Gasteiger partial charge in [-0.3, -0.25) is 0 Å². The number of hydrogen-bond donors (Lipinski definition) is 0. The Morgan fingerprint density at radius 3 is 2.06 bits per heavy atom. The summed E-state index contributed by atoms with van der Waals surface area (Å²) in [6.07, 6.45) is 0. The van der Waals surface area contributed by atoms with Crippen molar-refractivity contribution in [2.75, 3.05) is 0 Å². The molecule has 160 valence electrons. The van der Waals surface area contributed by atoms with Crippen LogP contribution in [0.15, 0.2) is 68.0 Å². The van der Waals surface area contributed by atoms with E-state index in [0.717, 1.165) is 28.3 Å². The van der Waals surface area contributed by atoms with Crippen LogP contribution in [0.3, 0.4) is 0 Å². The Kier molecular flexibility index (Phi) is 6.27. The van der Waals surface area contributed by atoms with Gasteiger partial charge in [0.05, 0.1) is 0 Å². The van der Waals surface area contributed by atoms with Gasteiger partial charge in [0.2, 0.25) is 0 Å². The minimum absolute atomic E-state index is 0.142. The van der Waals surface area contributed by atoms with Crippen LogP contribution < -0.4 is 0 Å². The van der Waals surface area contributed by atoms with Gasteiger partial charge >= 0.3 is 194 Å². The zero-order valence-electron chi connectivity index (χ0n) is 19.5. The number of benzene rings is 2. The first kappa shape index (κ1) is 22.8. The number of hydrogen-bond acceptors (Lipinski definition) is 0. The van der Waals surface area contributed by atoms with E-state index in [-0.39, 0.29) is 9.44 Å². The molecule has 2 aliphatic rings. The Hall–Kier alpha value is -1.38. The zero-order valence-corrected chi connectivity index (χ0v) is 22.9. The van der Waals surface area contributed by atoms with Gasteiger partial charge in [0.15, 0.2) is 0 Å². The summed E-state index contributed by atoms with van der Waals surface area (Å²) < 4.78 is 31.7. The van der Waals surface area contributed by atoms with Gasteiger partial charge in [-0.25, -0.2) is 0 Å². The Labute approximate surface area is 193 Å². The zero-order chi connectivity index (χ0) is 22.6. The monoisotopic (exact) mass is 510 g/mol. The van der Waals surface area contributed by atoms with Crippen LogP contribution in [0.25, 0.3) is 5.57 Å². The Bertz CT molecular complexity index is 1210. The molecule has 0 N–H and O–H groups in total. The predicted molar refractivity (Wildman–Crippen MR) is 125 cm³/mol. The molecule has 0 aromatic heterocycles. The summed E-state index contributed by atoms with van der Waals surface area (Å²) in [5.41, 5.74) is 8.62. The van der Waals surface area contributed by atoms with Crippen LogP contribution in [0.2, 0.25) is 13.1 Å². The molecule has 0 radical (unpaired) electrons. The molecule has 4 heteroatoms. The molecular weight excluding hydrogens is 482 g/mol. The second kappa shape index (κ2) is 8.52. The summed E-state index contributed by atoms with van der Waals surface area (Å²) in [6, 6.07) is 12.8. The Morgan fingerprint density at radius 2 is 1.52 bits per heavy atom. The fourth-order valence-corrected chi connectivity index (χ4v) is 26.1. The van der Waals surface area contributed by atoms with E-state index in [9.17, 15) is 4.39 Å². The minimum atomic E-state index is -2.35. The summed E-state index contributed by atoms with van der Waals surface area (Å²) in [6.45, 7) is 16.1.